The number of hydrogen-bond donors (Lipinski definition) is 6. The Labute approximate surface area is 222 Å². The van der Waals surface area contributed by atoms with Gasteiger partial charge in [0.25, 0.3) is 0 Å². The molecule has 0 saturated carbocycles. The van der Waals surface area contributed by atoms with E-state index >= 15 is 0 Å². The number of aromatic hydroxyl groups is 3. The van der Waals surface area contributed by atoms with Gasteiger partial charge in [0.15, 0.2) is 23.0 Å². The van der Waals surface area contributed by atoms with Crippen molar-refractivity contribution in [3.05, 3.63) is 64.5 Å². The third kappa shape index (κ3) is 6.34. The van der Waals surface area contributed by atoms with Crippen LogP contribution in [0.4, 0.5) is 0 Å². The van der Waals surface area contributed by atoms with Crippen molar-refractivity contribution < 1.29 is 34.7 Å². The smallest absolute Gasteiger partial charge is 0.200 e. The second kappa shape index (κ2) is 12.1. The molecule has 0 aromatic heterocycles. The lowest BCUT2D eigenvalue weighted by Crippen LogP contribution is -2.31. The summed E-state index contributed by atoms with van der Waals surface area (Å²) in [6.07, 6.45) is 6.21. The number of aliphatic hydroxyl groups excluding tert-OH is 1. The van der Waals surface area contributed by atoms with E-state index < -0.39 is 12.0 Å². The van der Waals surface area contributed by atoms with Gasteiger partial charge in [-0.15, -0.1) is 0 Å². The lowest BCUT2D eigenvalue weighted by Gasteiger charge is -2.25. The largest absolute Gasteiger partial charge is 0.504 e. The summed E-state index contributed by atoms with van der Waals surface area (Å²) in [6.45, 7) is 1.12. The Kier molecular flexibility index (Phi) is 8.68. The van der Waals surface area contributed by atoms with Crippen LogP contribution in [0.3, 0.4) is 0 Å². The monoisotopic (exact) mass is 524 g/mol. The number of nitrogens with two attached hydrogens (primary N) is 1. The molecule has 2 aliphatic rings. The molecule has 0 aliphatic carbocycles. The number of Topliss-reactive ketones (excluding diaryl/α,β-unsaturated/α-hetero) is 1. The highest BCUT2D eigenvalue weighted by atomic mass is 16.5. The van der Waals surface area contributed by atoms with Crippen molar-refractivity contribution >= 4 is 5.78 Å². The molecule has 0 amide bonds. The maximum Gasteiger partial charge on any atom is 0.200 e. The van der Waals surface area contributed by atoms with Gasteiger partial charge in [0.2, 0.25) is 5.75 Å². The number of ketones is 1. The highest BCUT2D eigenvalue weighted by Crippen LogP contribution is 2.38. The topological polar surface area (TPSA) is 154 Å². The van der Waals surface area contributed by atoms with Crippen molar-refractivity contribution in [3.63, 3.8) is 0 Å². The highest BCUT2D eigenvalue weighted by molar-refractivity contribution is 5.82. The molecule has 0 radical (unpaired) electrons. The second-order valence-corrected chi connectivity index (χ2v) is 9.81. The van der Waals surface area contributed by atoms with E-state index in [9.17, 15) is 25.2 Å². The third-order valence-electron chi connectivity index (χ3n) is 7.20. The molecule has 4 rings (SSSR count). The molecular formula is C29H36N2O7. The predicted molar refractivity (Wildman–Crippen MR) is 142 cm³/mol. The first-order valence-electron chi connectivity index (χ1n) is 12.9. The summed E-state index contributed by atoms with van der Waals surface area (Å²) in [5.41, 5.74) is 9.41. The number of carbonyl (C=O) groups excluding carboxylic acids is 1. The number of phenolic OH excluding ortho intramolecular Hbond substituents is 3. The number of ether oxygens (including phenoxy) is 2. The number of phenols is 3. The minimum Gasteiger partial charge on any atom is -0.504 e. The summed E-state index contributed by atoms with van der Waals surface area (Å²) >= 11 is 0. The predicted octanol–water partition coefficient (Wildman–Crippen LogP) is 2.97. The second-order valence-electron chi connectivity index (χ2n) is 9.81. The first-order valence-corrected chi connectivity index (χ1v) is 12.9. The van der Waals surface area contributed by atoms with Gasteiger partial charge < -0.3 is 41.0 Å². The number of aryl methyl sites for hydroxylation is 2. The Morgan fingerprint density at radius 3 is 2.76 bits per heavy atom. The quantitative estimate of drug-likeness (QED) is 0.243. The molecule has 2 atom stereocenters. The highest BCUT2D eigenvalue weighted by Gasteiger charge is 2.28. The summed E-state index contributed by atoms with van der Waals surface area (Å²) in [7, 11) is 1.39. The molecule has 7 N–H and O–H groups in total. The van der Waals surface area contributed by atoms with Crippen LogP contribution >= 0.6 is 0 Å². The van der Waals surface area contributed by atoms with Crippen molar-refractivity contribution in [2.45, 2.75) is 51.0 Å². The number of aliphatic hydroxyl groups is 1. The van der Waals surface area contributed by atoms with Crippen molar-refractivity contribution in [2.75, 3.05) is 20.3 Å². The van der Waals surface area contributed by atoms with Crippen LogP contribution in [0.1, 0.15) is 42.4 Å². The third-order valence-corrected chi connectivity index (χ3v) is 7.20. The van der Waals surface area contributed by atoms with Gasteiger partial charge in [-0.1, -0.05) is 12.1 Å². The fourth-order valence-electron chi connectivity index (χ4n) is 5.13. The van der Waals surface area contributed by atoms with Crippen LogP contribution in [0.25, 0.3) is 0 Å². The molecule has 2 unspecified atom stereocenters. The molecule has 9 nitrogen and oxygen atoms in total. The summed E-state index contributed by atoms with van der Waals surface area (Å²) in [5, 5.41) is 44.3. The fourth-order valence-corrected chi connectivity index (χ4v) is 5.13. The van der Waals surface area contributed by atoms with Crippen molar-refractivity contribution in [1.82, 2.24) is 5.32 Å². The van der Waals surface area contributed by atoms with E-state index in [-0.39, 0.29) is 35.2 Å². The van der Waals surface area contributed by atoms with Gasteiger partial charge in [-0.2, -0.15) is 0 Å². The molecule has 2 aromatic rings. The molecule has 9 heteroatoms. The average molecular weight is 525 g/mol. The lowest BCUT2D eigenvalue weighted by atomic mass is 9.84. The van der Waals surface area contributed by atoms with E-state index in [0.29, 0.717) is 56.0 Å². The van der Waals surface area contributed by atoms with E-state index in [1.165, 1.54) is 13.2 Å². The minimum absolute atomic E-state index is 0.105. The van der Waals surface area contributed by atoms with E-state index in [1.807, 2.05) is 12.1 Å². The summed E-state index contributed by atoms with van der Waals surface area (Å²) in [5.74, 6) is -0.131. The fraction of sp³-hybridized carbons (Fsp3) is 0.414. The van der Waals surface area contributed by atoms with Gasteiger partial charge in [-0.25, -0.2) is 0 Å². The van der Waals surface area contributed by atoms with Crippen LogP contribution in [0.5, 0.6) is 28.7 Å². The Morgan fingerprint density at radius 2 is 2.00 bits per heavy atom. The SMILES string of the molecule is COc1cc(CCC(=O)C(CC2=CCNC(N)=C2)C(O)CCc2ccc(O)c3c2CCCO3)cc(O)c1O. The van der Waals surface area contributed by atoms with Crippen LogP contribution in [-0.4, -0.2) is 52.6 Å². The Hall–Kier alpha value is -3.85. The first-order chi connectivity index (χ1) is 18.3. The number of rotatable bonds is 11. The number of nitrogens with one attached hydrogen (secondary N) is 1. The number of hydrogen-bond acceptors (Lipinski definition) is 9. The molecule has 204 valence electrons. The molecule has 2 aromatic carbocycles. The zero-order valence-corrected chi connectivity index (χ0v) is 21.6. The van der Waals surface area contributed by atoms with Gasteiger partial charge in [0.05, 0.1) is 25.6 Å². The van der Waals surface area contributed by atoms with Gasteiger partial charge >= 0.3 is 0 Å². The number of methoxy groups -OCH3 is 1. The zero-order valence-electron chi connectivity index (χ0n) is 21.6. The van der Waals surface area contributed by atoms with Crippen molar-refractivity contribution in [3.8, 4) is 28.7 Å². The van der Waals surface area contributed by atoms with Crippen LogP contribution in [0.15, 0.2) is 47.8 Å². The number of carbonyl (C=O) groups is 1. The van der Waals surface area contributed by atoms with Gasteiger partial charge in [0, 0.05) is 24.4 Å². The molecule has 0 saturated heterocycles. The maximum absolute atomic E-state index is 13.5. The van der Waals surface area contributed by atoms with E-state index in [1.54, 1.807) is 18.2 Å². The molecule has 0 fully saturated rings. The Balaban J connectivity index is 1.49. The van der Waals surface area contributed by atoms with Crippen LogP contribution in [0, 0.1) is 5.92 Å². The standard InChI is InChI=1S/C29H36N2O7/c1-37-26-15-17(14-25(35)28(26)36)4-7-22(32)21(13-18-10-11-31-27(30)16-18)23(33)8-5-19-6-9-24(34)29-20(19)3-2-12-38-29/h6,9-10,14-16,21,23,31,33-36H,2-5,7-8,11-13,30H2,1H3. The Bertz CT molecular complexity index is 1240. The Morgan fingerprint density at radius 1 is 1.18 bits per heavy atom. The normalized spacial score (nSPS) is 16.3. The molecule has 2 aliphatic heterocycles. The number of dihydropyridines is 1. The molecular weight excluding hydrogens is 488 g/mol. The first kappa shape index (κ1) is 27.2. The zero-order chi connectivity index (χ0) is 27.2. The van der Waals surface area contributed by atoms with Crippen molar-refractivity contribution in [1.29, 1.82) is 0 Å². The van der Waals surface area contributed by atoms with Gasteiger partial charge in [-0.3, -0.25) is 4.79 Å². The molecule has 0 bridgehead atoms. The lowest BCUT2D eigenvalue weighted by molar-refractivity contribution is -0.126. The summed E-state index contributed by atoms with van der Waals surface area (Å²) in [6, 6.07) is 6.47. The maximum atomic E-state index is 13.5. The molecule has 2 heterocycles. The summed E-state index contributed by atoms with van der Waals surface area (Å²) in [4.78, 5) is 13.5. The summed E-state index contributed by atoms with van der Waals surface area (Å²) < 4.78 is 10.8. The van der Waals surface area contributed by atoms with Crippen LogP contribution in [-0.2, 0) is 24.1 Å². The van der Waals surface area contributed by atoms with Crippen molar-refractivity contribution in [2.24, 2.45) is 11.7 Å². The van der Waals surface area contributed by atoms with Gasteiger partial charge in [0.1, 0.15) is 5.78 Å². The van der Waals surface area contributed by atoms with E-state index in [4.69, 9.17) is 15.2 Å². The van der Waals surface area contributed by atoms with E-state index in [2.05, 4.69) is 5.32 Å². The molecule has 38 heavy (non-hydrogen) atoms. The van der Waals surface area contributed by atoms with E-state index in [0.717, 1.165) is 29.5 Å². The van der Waals surface area contributed by atoms with Gasteiger partial charge in [-0.05, 0) is 79.5 Å². The minimum atomic E-state index is -0.898. The number of allylic oxidation sites excluding steroid dienone is 2. The average Bonchev–Trinajstić information content (AvgIpc) is 2.91. The van der Waals surface area contributed by atoms with Crippen LogP contribution < -0.4 is 20.5 Å². The molecule has 0 spiro atoms. The number of fused-ring (bicyclic) bond motifs is 1. The number of benzene rings is 2. The van der Waals surface area contributed by atoms with Crippen LogP contribution in [0.2, 0.25) is 0 Å².